The number of hydrogen-bond acceptors (Lipinski definition) is 6. The lowest BCUT2D eigenvalue weighted by Gasteiger charge is -2.13. The van der Waals surface area contributed by atoms with E-state index < -0.39 is 17.7 Å². The van der Waals surface area contributed by atoms with Crippen LogP contribution in [0.25, 0.3) is 0 Å². The molecule has 0 fully saturated rings. The molecule has 152 valence electrons. The number of nitrogens with zero attached hydrogens (tertiary/aromatic N) is 1. The zero-order valence-electron chi connectivity index (χ0n) is 16.0. The highest BCUT2D eigenvalue weighted by molar-refractivity contribution is 6.35. The Labute approximate surface area is 167 Å². The van der Waals surface area contributed by atoms with E-state index in [-0.39, 0.29) is 12.6 Å². The molecule has 2 aromatic rings. The summed E-state index contributed by atoms with van der Waals surface area (Å²) >= 11 is 0. The van der Waals surface area contributed by atoms with Crippen LogP contribution in [0.2, 0.25) is 0 Å². The van der Waals surface area contributed by atoms with Crippen molar-refractivity contribution in [3.63, 3.8) is 0 Å². The topological polar surface area (TPSA) is 132 Å². The first-order chi connectivity index (χ1) is 13.9. The third-order valence-corrected chi connectivity index (χ3v) is 3.79. The third-order valence-electron chi connectivity index (χ3n) is 3.79. The maximum atomic E-state index is 12.0. The molecule has 0 unspecified atom stereocenters. The molecule has 9 nitrogen and oxygen atoms in total. The van der Waals surface area contributed by atoms with E-state index in [0.717, 1.165) is 5.56 Å². The van der Waals surface area contributed by atoms with Crippen LogP contribution in [0.3, 0.4) is 0 Å². The molecular formula is C20H22N4O5. The van der Waals surface area contributed by atoms with E-state index in [4.69, 9.17) is 15.2 Å². The van der Waals surface area contributed by atoms with Gasteiger partial charge in [-0.05, 0) is 36.2 Å². The van der Waals surface area contributed by atoms with Crippen molar-refractivity contribution < 1.29 is 23.9 Å². The quantitative estimate of drug-likeness (QED) is 0.345. The molecule has 4 N–H and O–H groups in total. The van der Waals surface area contributed by atoms with Crippen molar-refractivity contribution in [1.82, 2.24) is 10.7 Å². The summed E-state index contributed by atoms with van der Waals surface area (Å²) in [6.45, 7) is 1.49. The highest BCUT2D eigenvalue weighted by atomic mass is 16.5. The minimum atomic E-state index is -0.891. The van der Waals surface area contributed by atoms with Gasteiger partial charge in [-0.2, -0.15) is 5.10 Å². The highest BCUT2D eigenvalue weighted by Gasteiger charge is 2.16. The average Bonchev–Trinajstić information content (AvgIpc) is 2.72. The Morgan fingerprint density at radius 1 is 1.10 bits per heavy atom. The molecule has 0 heterocycles. The van der Waals surface area contributed by atoms with Crippen molar-refractivity contribution in [2.75, 3.05) is 13.7 Å². The number of ether oxygens (including phenoxy) is 2. The van der Waals surface area contributed by atoms with Gasteiger partial charge in [-0.1, -0.05) is 30.3 Å². The van der Waals surface area contributed by atoms with Crippen LogP contribution in [-0.2, 0) is 14.4 Å². The average molecular weight is 398 g/mol. The fourth-order valence-electron chi connectivity index (χ4n) is 2.34. The Morgan fingerprint density at radius 3 is 2.48 bits per heavy atom. The van der Waals surface area contributed by atoms with Crippen LogP contribution < -0.4 is 25.9 Å². The molecule has 0 saturated heterocycles. The van der Waals surface area contributed by atoms with Gasteiger partial charge in [0.25, 0.3) is 5.91 Å². The van der Waals surface area contributed by atoms with E-state index in [9.17, 15) is 14.4 Å². The summed E-state index contributed by atoms with van der Waals surface area (Å²) in [6.07, 6.45) is 1.34. The number of hydrazone groups is 1. The largest absolute Gasteiger partial charge is 0.493 e. The van der Waals surface area contributed by atoms with E-state index in [1.54, 1.807) is 25.1 Å². The number of benzene rings is 2. The number of nitrogens with two attached hydrogens (primary N) is 1. The fraction of sp³-hybridized carbons (Fsp3) is 0.200. The summed E-state index contributed by atoms with van der Waals surface area (Å²) in [5.74, 6) is -1.61. The number of carbonyl (C=O) groups excluding carboxylic acids is 3. The lowest BCUT2D eigenvalue weighted by molar-refractivity contribution is -0.139. The highest BCUT2D eigenvalue weighted by Crippen LogP contribution is 2.27. The number of hydrogen-bond donors (Lipinski definition) is 3. The summed E-state index contributed by atoms with van der Waals surface area (Å²) in [5.41, 5.74) is 8.66. The molecule has 0 bridgehead atoms. The number of rotatable bonds is 8. The second kappa shape index (κ2) is 10.5. The Bertz CT molecular complexity index is 899. The molecule has 9 heteroatoms. The molecule has 0 radical (unpaired) electrons. The van der Waals surface area contributed by atoms with Crippen molar-refractivity contribution >= 4 is 23.9 Å². The predicted octanol–water partition coefficient (Wildman–Crippen LogP) is 0.887. The van der Waals surface area contributed by atoms with Gasteiger partial charge in [0.05, 0.1) is 19.4 Å². The molecule has 1 atom stereocenters. The van der Waals surface area contributed by atoms with Crippen LogP contribution in [0.15, 0.2) is 53.6 Å². The monoisotopic (exact) mass is 398 g/mol. The predicted molar refractivity (Wildman–Crippen MR) is 106 cm³/mol. The number of methoxy groups -OCH3 is 1. The molecule has 3 amide bonds. The van der Waals surface area contributed by atoms with Gasteiger partial charge in [0, 0.05) is 0 Å². The molecule has 0 spiro atoms. The van der Waals surface area contributed by atoms with Gasteiger partial charge >= 0.3 is 11.8 Å². The van der Waals surface area contributed by atoms with Crippen LogP contribution >= 0.6 is 0 Å². The second-order valence-electron chi connectivity index (χ2n) is 5.97. The minimum Gasteiger partial charge on any atom is -0.493 e. The number of carbonyl (C=O) groups is 3. The first-order valence-electron chi connectivity index (χ1n) is 8.68. The van der Waals surface area contributed by atoms with Crippen LogP contribution in [-0.4, -0.2) is 37.7 Å². The van der Waals surface area contributed by atoms with Gasteiger partial charge in [0.2, 0.25) is 0 Å². The van der Waals surface area contributed by atoms with Crippen molar-refractivity contribution in [3.05, 3.63) is 59.7 Å². The Balaban J connectivity index is 1.91. The lowest BCUT2D eigenvalue weighted by atomic mass is 10.1. The summed E-state index contributed by atoms with van der Waals surface area (Å²) in [6, 6.07) is 13.7. The minimum absolute atomic E-state index is 0.281. The molecule has 29 heavy (non-hydrogen) atoms. The van der Waals surface area contributed by atoms with Crippen molar-refractivity contribution in [1.29, 1.82) is 0 Å². The molecule has 2 rings (SSSR count). The zero-order chi connectivity index (χ0) is 21.2. The van der Waals surface area contributed by atoms with Crippen LogP contribution in [0.4, 0.5) is 0 Å². The Hall–Kier alpha value is -3.88. The van der Waals surface area contributed by atoms with Gasteiger partial charge in [0.15, 0.2) is 18.1 Å². The third kappa shape index (κ3) is 6.65. The van der Waals surface area contributed by atoms with E-state index in [2.05, 4.69) is 15.8 Å². The molecule has 0 aliphatic heterocycles. The maximum absolute atomic E-state index is 12.0. The van der Waals surface area contributed by atoms with Gasteiger partial charge in [-0.25, -0.2) is 5.43 Å². The molecule has 0 aromatic heterocycles. The normalized spacial score (nSPS) is 11.5. The summed E-state index contributed by atoms with van der Waals surface area (Å²) < 4.78 is 10.4. The molecule has 0 aliphatic rings. The summed E-state index contributed by atoms with van der Waals surface area (Å²) in [5, 5.41) is 6.36. The van der Waals surface area contributed by atoms with E-state index in [1.165, 1.54) is 13.3 Å². The smallest absolute Gasteiger partial charge is 0.329 e. The molecule has 0 saturated carbocycles. The Morgan fingerprint density at radius 2 is 1.83 bits per heavy atom. The van der Waals surface area contributed by atoms with Gasteiger partial charge in [-0.3, -0.25) is 14.4 Å². The van der Waals surface area contributed by atoms with Crippen LogP contribution in [0, 0.1) is 0 Å². The standard InChI is InChI=1S/C20H22N4O5/c1-13(15-6-4-3-5-7-15)23-19(26)20(27)24-22-11-14-8-9-16(17(10-14)28-2)29-12-18(21)25/h3-11,13H,12H2,1-2H3,(H2,21,25)(H,23,26)(H,24,27)/b22-11-/t13-/m1/s1. The van der Waals surface area contributed by atoms with Crippen LogP contribution in [0.1, 0.15) is 24.1 Å². The van der Waals surface area contributed by atoms with Crippen molar-refractivity contribution in [2.24, 2.45) is 10.8 Å². The van der Waals surface area contributed by atoms with Crippen molar-refractivity contribution in [2.45, 2.75) is 13.0 Å². The number of primary amides is 1. The van der Waals surface area contributed by atoms with Crippen molar-refractivity contribution in [3.8, 4) is 11.5 Å². The van der Waals surface area contributed by atoms with E-state index >= 15 is 0 Å². The van der Waals surface area contributed by atoms with Gasteiger partial charge in [-0.15, -0.1) is 0 Å². The first-order valence-corrected chi connectivity index (χ1v) is 8.68. The molecule has 2 aromatic carbocycles. The molecule has 0 aliphatic carbocycles. The number of amides is 3. The van der Waals surface area contributed by atoms with Gasteiger partial charge in [0.1, 0.15) is 0 Å². The Kier molecular flexibility index (Phi) is 7.72. The van der Waals surface area contributed by atoms with E-state index in [0.29, 0.717) is 17.1 Å². The van der Waals surface area contributed by atoms with Gasteiger partial charge < -0.3 is 20.5 Å². The summed E-state index contributed by atoms with van der Waals surface area (Å²) in [7, 11) is 1.44. The molecular weight excluding hydrogens is 376 g/mol. The van der Waals surface area contributed by atoms with E-state index in [1.807, 2.05) is 30.3 Å². The zero-order valence-corrected chi connectivity index (χ0v) is 16.0. The lowest BCUT2D eigenvalue weighted by Crippen LogP contribution is -2.39. The maximum Gasteiger partial charge on any atom is 0.329 e. The second-order valence-corrected chi connectivity index (χ2v) is 5.97. The van der Waals surface area contributed by atoms with Crippen LogP contribution in [0.5, 0.6) is 11.5 Å². The first kappa shape index (κ1) is 21.4. The number of nitrogens with one attached hydrogen (secondary N) is 2. The SMILES string of the molecule is COc1cc(/C=N\NC(=O)C(=O)N[C@H](C)c2ccccc2)ccc1OCC(N)=O. The summed E-state index contributed by atoms with van der Waals surface area (Å²) in [4.78, 5) is 34.7. The fourth-order valence-corrected chi connectivity index (χ4v) is 2.34.